The minimum absolute atomic E-state index is 0.0769. The van der Waals surface area contributed by atoms with Crippen molar-refractivity contribution < 1.29 is 14.7 Å². The Bertz CT molecular complexity index is 2130. The third kappa shape index (κ3) is 6.95. The van der Waals surface area contributed by atoms with Crippen molar-refractivity contribution in [2.45, 2.75) is 91.7 Å². The van der Waals surface area contributed by atoms with Crippen LogP contribution >= 0.6 is 11.3 Å². The zero-order valence-corrected chi connectivity index (χ0v) is 32.2. The molecule has 4 aliphatic carbocycles. The van der Waals surface area contributed by atoms with Crippen LogP contribution in [0.15, 0.2) is 73.2 Å². The highest BCUT2D eigenvalue weighted by atomic mass is 32.1. The lowest BCUT2D eigenvalue weighted by Crippen LogP contribution is -2.62. The van der Waals surface area contributed by atoms with Crippen molar-refractivity contribution in [2.24, 2.45) is 22.6 Å². The number of amides is 2. The number of aromatic nitrogens is 5. The molecule has 4 bridgehead atoms. The number of urea groups is 1. The van der Waals surface area contributed by atoms with Crippen molar-refractivity contribution in [1.82, 2.24) is 29.6 Å². The number of fused-ring (bicyclic) bond motifs is 1. The number of aliphatic hydroxyl groups is 1. The molecule has 0 spiro atoms. The maximum Gasteiger partial charge on any atom is 0.328 e. The van der Waals surface area contributed by atoms with Crippen LogP contribution < -0.4 is 11.2 Å². The standard InChI is InChI=1S/C41H50N8O3S/c1-8-15-48(38(51)47-37-46-36-34(53-37)11-10-14-43-36)33(25(3)4)16-29(9-2)32-13-12-30(35(45-32)27(6)50)31-20-44-49(26(31)5)24-40-18-28-17-39(7,21-40)22-41(19-28,23-40)52-42/h9-14,16,20,28,50H,2,6,8,15,17-19,21-24,42H2,1,3-5,7H3,(H,43,46,47,51)/b29-16+. The summed E-state index contributed by atoms with van der Waals surface area (Å²) >= 11 is 1.38. The van der Waals surface area contributed by atoms with Crippen molar-refractivity contribution in [2.75, 3.05) is 11.9 Å². The summed E-state index contributed by atoms with van der Waals surface area (Å²) in [6, 6.07) is 7.35. The molecule has 2 amide bonds. The zero-order valence-electron chi connectivity index (χ0n) is 31.4. The molecule has 4 aromatic heterocycles. The maximum atomic E-state index is 13.8. The van der Waals surface area contributed by atoms with E-state index >= 15 is 0 Å². The van der Waals surface area contributed by atoms with Crippen LogP contribution in [0.2, 0.25) is 0 Å². The monoisotopic (exact) mass is 734 g/mol. The third-order valence-corrected chi connectivity index (χ3v) is 12.3. The Morgan fingerprint density at radius 3 is 2.68 bits per heavy atom. The van der Waals surface area contributed by atoms with E-state index in [4.69, 9.17) is 20.8 Å². The molecule has 11 nitrogen and oxygen atoms in total. The van der Waals surface area contributed by atoms with Gasteiger partial charge >= 0.3 is 6.03 Å². The van der Waals surface area contributed by atoms with Crippen molar-refractivity contribution in [3.05, 3.63) is 90.3 Å². The van der Waals surface area contributed by atoms with Crippen LogP contribution in [0.5, 0.6) is 0 Å². The van der Waals surface area contributed by atoms with Crippen LogP contribution in [-0.4, -0.2) is 52.9 Å². The maximum absolute atomic E-state index is 13.8. The predicted octanol–water partition coefficient (Wildman–Crippen LogP) is 9.21. The van der Waals surface area contributed by atoms with Crippen LogP contribution in [0.1, 0.15) is 89.7 Å². The first-order valence-corrected chi connectivity index (χ1v) is 19.2. The van der Waals surface area contributed by atoms with Gasteiger partial charge in [-0.1, -0.05) is 50.0 Å². The second kappa shape index (κ2) is 14.0. The lowest BCUT2D eigenvalue weighted by molar-refractivity contribution is -0.224. The number of aliphatic hydroxyl groups excluding tert-OH is 1. The summed E-state index contributed by atoms with van der Waals surface area (Å²) in [7, 11) is 0. The molecular formula is C41H50N8O3S. The van der Waals surface area contributed by atoms with Crippen molar-refractivity contribution in [1.29, 1.82) is 0 Å². The zero-order chi connectivity index (χ0) is 37.7. The summed E-state index contributed by atoms with van der Waals surface area (Å²) in [5.74, 6) is 6.44. The minimum Gasteiger partial charge on any atom is -0.506 e. The molecule has 4 aromatic rings. The molecule has 4 unspecified atom stereocenters. The number of allylic oxidation sites excluding steroid dienone is 4. The molecule has 4 heterocycles. The van der Waals surface area contributed by atoms with Crippen LogP contribution in [-0.2, 0) is 11.4 Å². The van der Waals surface area contributed by atoms with Gasteiger partial charge in [-0.3, -0.25) is 19.7 Å². The van der Waals surface area contributed by atoms with E-state index < -0.39 is 0 Å². The number of nitrogens with one attached hydrogen (secondary N) is 1. The van der Waals surface area contributed by atoms with E-state index in [0.717, 1.165) is 65.7 Å². The van der Waals surface area contributed by atoms with E-state index in [2.05, 4.69) is 47.0 Å². The minimum atomic E-state index is -0.296. The number of thiazole rings is 1. The fourth-order valence-corrected chi connectivity index (χ4v) is 10.8. The molecule has 0 saturated heterocycles. The van der Waals surface area contributed by atoms with Crippen LogP contribution in [0.4, 0.5) is 9.93 Å². The van der Waals surface area contributed by atoms with Gasteiger partial charge in [-0.25, -0.2) is 20.7 Å². The predicted molar refractivity (Wildman–Crippen MR) is 212 cm³/mol. The topological polar surface area (TPSA) is 144 Å². The molecule has 4 atom stereocenters. The van der Waals surface area contributed by atoms with Crippen LogP contribution in [0, 0.1) is 23.7 Å². The van der Waals surface area contributed by atoms with E-state index in [1.807, 2.05) is 57.3 Å². The Morgan fingerprint density at radius 1 is 1.19 bits per heavy atom. The highest BCUT2D eigenvalue weighted by molar-refractivity contribution is 7.22. The van der Waals surface area contributed by atoms with Gasteiger partial charge in [0.25, 0.3) is 0 Å². The van der Waals surface area contributed by atoms with Crippen LogP contribution in [0.3, 0.4) is 0 Å². The molecule has 4 aliphatic rings. The van der Waals surface area contributed by atoms with Crippen molar-refractivity contribution in [3.63, 3.8) is 0 Å². The van der Waals surface area contributed by atoms with Gasteiger partial charge in [-0.2, -0.15) is 10.1 Å². The molecule has 53 heavy (non-hydrogen) atoms. The van der Waals surface area contributed by atoms with E-state index in [-0.39, 0.29) is 28.2 Å². The summed E-state index contributed by atoms with van der Waals surface area (Å²) in [6.45, 7) is 19.7. The summed E-state index contributed by atoms with van der Waals surface area (Å²) in [6.07, 6.45) is 14.5. The van der Waals surface area contributed by atoms with E-state index in [9.17, 15) is 9.90 Å². The average Bonchev–Trinajstić information content (AvgIpc) is 3.68. The molecule has 4 saturated carbocycles. The second-order valence-corrected chi connectivity index (χ2v) is 17.1. The summed E-state index contributed by atoms with van der Waals surface area (Å²) in [5, 5.41) is 19.2. The molecule has 4 fully saturated rings. The Labute approximate surface area is 315 Å². The first kappa shape index (κ1) is 36.7. The Hall–Kier alpha value is -4.65. The molecule has 4 N–H and O–H groups in total. The number of nitrogens with zero attached hydrogens (tertiary/aromatic N) is 6. The fraction of sp³-hybridized carbons (Fsp3) is 0.439. The molecule has 278 valence electrons. The highest BCUT2D eigenvalue weighted by Gasteiger charge is 2.62. The molecule has 0 aliphatic heterocycles. The highest BCUT2D eigenvalue weighted by Crippen LogP contribution is 2.67. The number of nitrogens with two attached hydrogens (primary N) is 1. The summed E-state index contributed by atoms with van der Waals surface area (Å²) < 4.78 is 3.01. The average molecular weight is 735 g/mol. The molecule has 12 heteroatoms. The number of carbonyl (C=O) groups excluding carboxylic acids is 1. The third-order valence-electron chi connectivity index (χ3n) is 11.4. The summed E-state index contributed by atoms with van der Waals surface area (Å²) in [4.78, 5) is 34.9. The number of pyridine rings is 2. The van der Waals surface area contributed by atoms with Gasteiger partial charge < -0.3 is 5.11 Å². The normalized spacial score (nSPS) is 24.7. The van der Waals surface area contributed by atoms with Gasteiger partial charge in [-0.15, -0.1) is 0 Å². The van der Waals surface area contributed by atoms with E-state index in [1.165, 1.54) is 24.2 Å². The van der Waals surface area contributed by atoms with Gasteiger partial charge in [0.05, 0.1) is 22.2 Å². The Morgan fingerprint density at radius 2 is 2.00 bits per heavy atom. The van der Waals surface area contributed by atoms with Gasteiger partial charge in [0.2, 0.25) is 0 Å². The number of hydrogen-bond acceptors (Lipinski definition) is 9. The van der Waals surface area contributed by atoms with Crippen LogP contribution in [0.25, 0.3) is 32.8 Å². The van der Waals surface area contributed by atoms with E-state index in [0.29, 0.717) is 45.9 Å². The van der Waals surface area contributed by atoms with Gasteiger partial charge in [0, 0.05) is 47.4 Å². The van der Waals surface area contributed by atoms with Crippen molar-refractivity contribution >= 4 is 44.2 Å². The number of rotatable bonds is 12. The number of anilines is 1. The Kier molecular flexibility index (Phi) is 9.67. The smallest absolute Gasteiger partial charge is 0.328 e. The second-order valence-electron chi connectivity index (χ2n) is 16.1. The molecular weight excluding hydrogens is 685 g/mol. The summed E-state index contributed by atoms with van der Waals surface area (Å²) in [5.41, 5.74) is 6.58. The largest absolute Gasteiger partial charge is 0.506 e. The van der Waals surface area contributed by atoms with Gasteiger partial charge in [0.15, 0.2) is 10.8 Å². The lowest BCUT2D eigenvalue weighted by Gasteiger charge is -2.65. The SMILES string of the molecule is C=C/C(=C\C(=C(C)C)N(CCC)C(=O)Nc1nc2ncccc2s1)c1ccc(-c2cnn(CC34CC5CC(C)(C3)CC(ON)(C5)C4)c2C)c(C(=C)O)n1. The number of hydrogen-bond donors (Lipinski definition) is 3. The first-order chi connectivity index (χ1) is 25.3. The lowest BCUT2D eigenvalue weighted by atomic mass is 9.43. The fourth-order valence-electron chi connectivity index (χ4n) is 10.0. The quantitative estimate of drug-likeness (QED) is 0.0743. The number of carbonyl (C=O) groups is 1. The molecule has 8 rings (SSSR count). The first-order valence-electron chi connectivity index (χ1n) is 18.4. The molecule has 0 radical (unpaired) electrons. The van der Waals surface area contributed by atoms with Crippen molar-refractivity contribution in [3.8, 4) is 11.1 Å². The molecule has 0 aromatic carbocycles. The van der Waals surface area contributed by atoms with Gasteiger partial charge in [-0.05, 0) is 113 Å². The Balaban J connectivity index is 1.17. The van der Waals surface area contributed by atoms with Gasteiger partial charge in [0.1, 0.15) is 11.5 Å². The van der Waals surface area contributed by atoms with E-state index in [1.54, 1.807) is 17.2 Å².